The van der Waals surface area contributed by atoms with E-state index in [0.29, 0.717) is 13.1 Å². The number of rotatable bonds is 5. The van der Waals surface area contributed by atoms with Gasteiger partial charge in [-0.15, -0.1) is 0 Å². The molecule has 2 heterocycles. The quantitative estimate of drug-likeness (QED) is 0.548. The standard InChI is InChI=1S/C19H35N5O2/c1-2-20-18(21-16-19(26)7-3-4-8-19)24-13-11-22(12-14-24)15-17(25)23-9-5-6-10-23/h26H,2-16H2,1H3,(H,20,21). The first-order valence-corrected chi connectivity index (χ1v) is 10.4. The van der Waals surface area contributed by atoms with Crippen LogP contribution in [0.2, 0.25) is 0 Å². The summed E-state index contributed by atoms with van der Waals surface area (Å²) in [7, 11) is 0. The van der Waals surface area contributed by atoms with Crippen LogP contribution in [-0.2, 0) is 4.79 Å². The van der Waals surface area contributed by atoms with Gasteiger partial charge in [0.15, 0.2) is 5.96 Å². The Morgan fingerprint density at radius 3 is 2.27 bits per heavy atom. The molecule has 0 radical (unpaired) electrons. The first kappa shape index (κ1) is 19.4. The molecular formula is C19H35N5O2. The largest absolute Gasteiger partial charge is 0.388 e. The van der Waals surface area contributed by atoms with E-state index in [1.807, 2.05) is 4.90 Å². The number of amides is 1. The molecule has 0 atom stereocenters. The lowest BCUT2D eigenvalue weighted by molar-refractivity contribution is -0.131. The minimum atomic E-state index is -0.607. The number of guanidine groups is 1. The summed E-state index contributed by atoms with van der Waals surface area (Å²) in [4.78, 5) is 23.6. The van der Waals surface area contributed by atoms with Gasteiger partial charge >= 0.3 is 0 Å². The molecule has 0 aromatic rings. The number of piperazine rings is 1. The molecule has 3 aliphatic rings. The summed E-state index contributed by atoms with van der Waals surface area (Å²) in [5.74, 6) is 1.18. The minimum Gasteiger partial charge on any atom is -0.388 e. The summed E-state index contributed by atoms with van der Waals surface area (Å²) >= 11 is 0. The van der Waals surface area contributed by atoms with Gasteiger partial charge in [-0.05, 0) is 32.6 Å². The van der Waals surface area contributed by atoms with Gasteiger partial charge in [0.1, 0.15) is 0 Å². The van der Waals surface area contributed by atoms with E-state index in [1.165, 1.54) is 0 Å². The zero-order chi connectivity index (χ0) is 18.4. The van der Waals surface area contributed by atoms with Crippen LogP contribution in [0.25, 0.3) is 0 Å². The molecule has 3 fully saturated rings. The molecule has 2 N–H and O–H groups in total. The number of hydrogen-bond donors (Lipinski definition) is 2. The molecular weight excluding hydrogens is 330 g/mol. The second-order valence-electron chi connectivity index (χ2n) is 7.95. The molecule has 0 aromatic heterocycles. The Bertz CT molecular complexity index is 490. The van der Waals surface area contributed by atoms with Crippen LogP contribution in [0.3, 0.4) is 0 Å². The SMILES string of the molecule is CCNC(=NCC1(O)CCCC1)N1CCN(CC(=O)N2CCCC2)CC1. The van der Waals surface area contributed by atoms with Gasteiger partial charge in [0.2, 0.25) is 5.91 Å². The Morgan fingerprint density at radius 1 is 1.00 bits per heavy atom. The van der Waals surface area contributed by atoms with Gasteiger partial charge in [-0.25, -0.2) is 0 Å². The van der Waals surface area contributed by atoms with Crippen molar-refractivity contribution in [3.63, 3.8) is 0 Å². The van der Waals surface area contributed by atoms with E-state index in [2.05, 4.69) is 22.0 Å². The highest BCUT2D eigenvalue weighted by atomic mass is 16.3. The number of carbonyl (C=O) groups is 1. The average molecular weight is 366 g/mol. The Kier molecular flexibility index (Phi) is 6.75. The Hall–Kier alpha value is -1.34. The zero-order valence-electron chi connectivity index (χ0n) is 16.3. The molecule has 0 unspecified atom stereocenters. The van der Waals surface area contributed by atoms with E-state index < -0.39 is 5.60 Å². The Labute approximate surface area is 157 Å². The topological polar surface area (TPSA) is 71.4 Å². The van der Waals surface area contributed by atoms with Crippen molar-refractivity contribution in [3.8, 4) is 0 Å². The molecule has 148 valence electrons. The summed E-state index contributed by atoms with van der Waals surface area (Å²) in [6.07, 6.45) is 6.23. The van der Waals surface area contributed by atoms with Crippen LogP contribution >= 0.6 is 0 Å². The first-order chi connectivity index (χ1) is 12.6. The average Bonchev–Trinajstić information content (AvgIpc) is 3.32. The number of aliphatic imine (C=N–C) groups is 1. The van der Waals surface area contributed by atoms with Gasteiger partial charge in [0.25, 0.3) is 0 Å². The molecule has 26 heavy (non-hydrogen) atoms. The van der Waals surface area contributed by atoms with Gasteiger partial charge in [-0.1, -0.05) is 12.8 Å². The Balaban J connectivity index is 1.48. The lowest BCUT2D eigenvalue weighted by atomic mass is 10.0. The second kappa shape index (κ2) is 9.04. The predicted molar refractivity (Wildman–Crippen MR) is 103 cm³/mol. The molecule has 7 heteroatoms. The van der Waals surface area contributed by atoms with Crippen LogP contribution in [0.1, 0.15) is 45.4 Å². The molecule has 1 aliphatic carbocycles. The molecule has 0 bridgehead atoms. The van der Waals surface area contributed by atoms with Crippen molar-refractivity contribution in [2.45, 2.75) is 51.0 Å². The zero-order valence-corrected chi connectivity index (χ0v) is 16.3. The Morgan fingerprint density at radius 2 is 1.65 bits per heavy atom. The van der Waals surface area contributed by atoms with Gasteiger partial charge in [0.05, 0.1) is 18.7 Å². The van der Waals surface area contributed by atoms with Crippen molar-refractivity contribution in [2.75, 3.05) is 58.9 Å². The first-order valence-electron chi connectivity index (χ1n) is 10.4. The van der Waals surface area contributed by atoms with Crippen LogP contribution in [0.15, 0.2) is 4.99 Å². The molecule has 2 aliphatic heterocycles. The summed E-state index contributed by atoms with van der Waals surface area (Å²) < 4.78 is 0. The second-order valence-corrected chi connectivity index (χ2v) is 7.95. The third-order valence-corrected chi connectivity index (χ3v) is 5.88. The number of carbonyl (C=O) groups excluding carboxylic acids is 1. The van der Waals surface area contributed by atoms with E-state index in [1.54, 1.807) is 0 Å². The minimum absolute atomic E-state index is 0.278. The van der Waals surface area contributed by atoms with E-state index in [0.717, 1.165) is 90.3 Å². The third kappa shape index (κ3) is 5.10. The van der Waals surface area contributed by atoms with Crippen molar-refractivity contribution in [1.82, 2.24) is 20.0 Å². The van der Waals surface area contributed by atoms with E-state index in [4.69, 9.17) is 4.99 Å². The summed E-state index contributed by atoms with van der Waals surface area (Å²) in [6, 6.07) is 0. The molecule has 3 rings (SSSR count). The maximum Gasteiger partial charge on any atom is 0.236 e. The van der Waals surface area contributed by atoms with Crippen LogP contribution in [0.5, 0.6) is 0 Å². The summed E-state index contributed by atoms with van der Waals surface area (Å²) in [6.45, 7) is 9.30. The normalized spacial score (nSPS) is 24.3. The number of hydrogen-bond acceptors (Lipinski definition) is 4. The van der Waals surface area contributed by atoms with Crippen LogP contribution in [-0.4, -0.2) is 96.2 Å². The van der Waals surface area contributed by atoms with E-state index >= 15 is 0 Å². The highest BCUT2D eigenvalue weighted by Gasteiger charge is 2.31. The predicted octanol–water partition coefficient (Wildman–Crippen LogP) is 0.497. The van der Waals surface area contributed by atoms with Crippen LogP contribution < -0.4 is 5.32 Å². The van der Waals surface area contributed by atoms with Gasteiger partial charge in [-0.2, -0.15) is 0 Å². The summed E-state index contributed by atoms with van der Waals surface area (Å²) in [5.41, 5.74) is -0.607. The number of nitrogens with one attached hydrogen (secondary N) is 1. The maximum atomic E-state index is 12.3. The van der Waals surface area contributed by atoms with Crippen LogP contribution in [0.4, 0.5) is 0 Å². The van der Waals surface area contributed by atoms with Crippen molar-refractivity contribution < 1.29 is 9.90 Å². The van der Waals surface area contributed by atoms with E-state index in [-0.39, 0.29) is 5.91 Å². The summed E-state index contributed by atoms with van der Waals surface area (Å²) in [5, 5.41) is 13.9. The van der Waals surface area contributed by atoms with Crippen LogP contribution in [0, 0.1) is 0 Å². The molecule has 0 aromatic carbocycles. The molecule has 0 spiro atoms. The third-order valence-electron chi connectivity index (χ3n) is 5.88. The van der Waals surface area contributed by atoms with Gasteiger partial charge in [0, 0.05) is 45.8 Å². The smallest absolute Gasteiger partial charge is 0.236 e. The molecule has 2 saturated heterocycles. The number of likely N-dealkylation sites (tertiary alicyclic amines) is 1. The number of aliphatic hydroxyl groups is 1. The molecule has 1 amide bonds. The van der Waals surface area contributed by atoms with Crippen molar-refractivity contribution >= 4 is 11.9 Å². The fraction of sp³-hybridized carbons (Fsp3) is 0.895. The lowest BCUT2D eigenvalue weighted by Gasteiger charge is -2.37. The van der Waals surface area contributed by atoms with Crippen molar-refractivity contribution in [2.24, 2.45) is 4.99 Å². The fourth-order valence-corrected chi connectivity index (χ4v) is 4.21. The number of nitrogens with zero attached hydrogens (tertiary/aromatic N) is 4. The van der Waals surface area contributed by atoms with Gasteiger partial charge < -0.3 is 20.2 Å². The maximum absolute atomic E-state index is 12.3. The highest BCUT2D eigenvalue weighted by molar-refractivity contribution is 5.80. The van der Waals surface area contributed by atoms with Crippen molar-refractivity contribution in [1.29, 1.82) is 0 Å². The fourth-order valence-electron chi connectivity index (χ4n) is 4.21. The van der Waals surface area contributed by atoms with E-state index in [9.17, 15) is 9.90 Å². The molecule has 7 nitrogen and oxygen atoms in total. The monoisotopic (exact) mass is 365 g/mol. The highest BCUT2D eigenvalue weighted by Crippen LogP contribution is 2.29. The molecule has 1 saturated carbocycles. The van der Waals surface area contributed by atoms with Crippen molar-refractivity contribution in [3.05, 3.63) is 0 Å². The van der Waals surface area contributed by atoms with Gasteiger partial charge in [-0.3, -0.25) is 14.7 Å². The lowest BCUT2D eigenvalue weighted by Crippen LogP contribution is -2.54.